The van der Waals surface area contributed by atoms with Crippen molar-refractivity contribution in [3.63, 3.8) is 0 Å². The summed E-state index contributed by atoms with van der Waals surface area (Å²) < 4.78 is 18.7. The molecule has 3 aromatic rings. The van der Waals surface area contributed by atoms with Crippen molar-refractivity contribution in [2.24, 2.45) is 0 Å². The first-order valence-electron chi connectivity index (χ1n) is 8.87. The maximum Gasteiger partial charge on any atom is 0.220 e. The molecule has 0 spiro atoms. The van der Waals surface area contributed by atoms with Crippen LogP contribution in [0.1, 0.15) is 17.5 Å². The summed E-state index contributed by atoms with van der Waals surface area (Å²) in [7, 11) is 0. The van der Waals surface area contributed by atoms with E-state index in [2.05, 4.69) is 10.3 Å². The number of halogens is 1. The van der Waals surface area contributed by atoms with Gasteiger partial charge in [0.05, 0.1) is 0 Å². The van der Waals surface area contributed by atoms with Crippen LogP contribution in [0.2, 0.25) is 0 Å². The second-order valence-corrected chi connectivity index (χ2v) is 6.16. The molecule has 1 N–H and O–H groups in total. The van der Waals surface area contributed by atoms with Crippen molar-refractivity contribution < 1.29 is 13.9 Å². The van der Waals surface area contributed by atoms with E-state index in [9.17, 15) is 9.18 Å². The summed E-state index contributed by atoms with van der Waals surface area (Å²) in [4.78, 5) is 16.0. The molecule has 0 aliphatic heterocycles. The van der Waals surface area contributed by atoms with E-state index >= 15 is 0 Å². The van der Waals surface area contributed by atoms with E-state index < -0.39 is 0 Å². The minimum Gasteiger partial charge on any atom is -0.457 e. The van der Waals surface area contributed by atoms with Gasteiger partial charge in [0.25, 0.3) is 0 Å². The van der Waals surface area contributed by atoms with Crippen LogP contribution in [0.15, 0.2) is 73.1 Å². The molecule has 0 aliphatic carbocycles. The first-order chi connectivity index (χ1) is 13.2. The molecule has 1 amide bonds. The lowest BCUT2D eigenvalue weighted by Gasteiger charge is -2.08. The van der Waals surface area contributed by atoms with E-state index in [1.165, 1.54) is 12.1 Å². The molecule has 0 bridgehead atoms. The third-order valence-electron chi connectivity index (χ3n) is 4.07. The zero-order valence-electron chi connectivity index (χ0n) is 14.9. The van der Waals surface area contributed by atoms with E-state index in [0.29, 0.717) is 30.9 Å². The molecule has 0 fully saturated rings. The quantitative estimate of drug-likeness (QED) is 0.648. The van der Waals surface area contributed by atoms with Gasteiger partial charge in [0.2, 0.25) is 5.91 Å². The smallest absolute Gasteiger partial charge is 0.220 e. The fraction of sp³-hybridized carbons (Fsp3) is 0.182. The van der Waals surface area contributed by atoms with Crippen LogP contribution in [-0.4, -0.2) is 17.4 Å². The molecular formula is C22H21FN2O2. The average molecular weight is 364 g/mol. The monoisotopic (exact) mass is 364 g/mol. The van der Waals surface area contributed by atoms with Gasteiger partial charge in [-0.25, -0.2) is 4.39 Å². The van der Waals surface area contributed by atoms with E-state index in [4.69, 9.17) is 4.74 Å². The Morgan fingerprint density at radius 2 is 1.70 bits per heavy atom. The van der Waals surface area contributed by atoms with E-state index in [-0.39, 0.29) is 11.7 Å². The summed E-state index contributed by atoms with van der Waals surface area (Å²) in [6.45, 7) is 0.608. The van der Waals surface area contributed by atoms with Gasteiger partial charge in [0, 0.05) is 25.4 Å². The van der Waals surface area contributed by atoms with Crippen molar-refractivity contribution in [2.45, 2.75) is 19.3 Å². The van der Waals surface area contributed by atoms with Crippen molar-refractivity contribution in [1.29, 1.82) is 0 Å². The van der Waals surface area contributed by atoms with Gasteiger partial charge in [-0.2, -0.15) is 0 Å². The van der Waals surface area contributed by atoms with Crippen LogP contribution in [0.5, 0.6) is 11.5 Å². The standard InChI is InChI=1S/C22H21FN2O2/c23-19-5-7-20(8-6-19)27-21-3-1-2-18(16-21)4-9-22(26)25-15-12-17-10-13-24-14-11-17/h1-3,5-8,10-11,13-14,16H,4,9,12,15H2,(H,25,26). The maximum absolute atomic E-state index is 13.0. The second-order valence-electron chi connectivity index (χ2n) is 6.16. The Balaban J connectivity index is 1.45. The lowest BCUT2D eigenvalue weighted by atomic mass is 10.1. The number of aromatic nitrogens is 1. The molecule has 0 saturated carbocycles. The molecule has 1 heterocycles. The topological polar surface area (TPSA) is 51.2 Å². The van der Waals surface area contributed by atoms with Crippen LogP contribution in [0, 0.1) is 5.82 Å². The number of hydrogen-bond donors (Lipinski definition) is 1. The minimum atomic E-state index is -0.300. The number of nitrogens with zero attached hydrogens (tertiary/aromatic N) is 1. The molecule has 4 nitrogen and oxygen atoms in total. The summed E-state index contributed by atoms with van der Waals surface area (Å²) in [5.41, 5.74) is 2.16. The molecule has 5 heteroatoms. The van der Waals surface area contributed by atoms with Gasteiger partial charge < -0.3 is 10.1 Å². The van der Waals surface area contributed by atoms with Crippen molar-refractivity contribution in [3.05, 3.63) is 90.0 Å². The normalized spacial score (nSPS) is 10.4. The van der Waals surface area contributed by atoms with Crippen molar-refractivity contribution in [2.75, 3.05) is 6.54 Å². The fourth-order valence-corrected chi connectivity index (χ4v) is 2.65. The van der Waals surface area contributed by atoms with E-state index in [1.54, 1.807) is 24.5 Å². The third kappa shape index (κ3) is 6.22. The lowest BCUT2D eigenvalue weighted by Crippen LogP contribution is -2.25. The number of amides is 1. The lowest BCUT2D eigenvalue weighted by molar-refractivity contribution is -0.121. The highest BCUT2D eigenvalue weighted by Crippen LogP contribution is 2.22. The zero-order valence-corrected chi connectivity index (χ0v) is 14.9. The summed E-state index contributed by atoms with van der Waals surface area (Å²) in [6, 6.07) is 17.3. The Labute approximate surface area is 158 Å². The van der Waals surface area contributed by atoms with E-state index in [1.807, 2.05) is 36.4 Å². The van der Waals surface area contributed by atoms with E-state index in [0.717, 1.165) is 17.5 Å². The molecule has 2 aromatic carbocycles. The molecular weight excluding hydrogens is 343 g/mol. The second kappa shape index (κ2) is 9.48. The first kappa shape index (κ1) is 18.6. The van der Waals surface area contributed by atoms with Crippen LogP contribution in [0.25, 0.3) is 0 Å². The third-order valence-corrected chi connectivity index (χ3v) is 4.07. The van der Waals surface area contributed by atoms with Gasteiger partial charge in [0.1, 0.15) is 17.3 Å². The molecule has 0 radical (unpaired) electrons. The van der Waals surface area contributed by atoms with Gasteiger partial charge in [-0.15, -0.1) is 0 Å². The van der Waals surface area contributed by atoms with Gasteiger partial charge in [-0.1, -0.05) is 12.1 Å². The highest BCUT2D eigenvalue weighted by atomic mass is 19.1. The fourth-order valence-electron chi connectivity index (χ4n) is 2.65. The molecule has 1 aromatic heterocycles. The summed E-state index contributed by atoms with van der Waals surface area (Å²) in [5, 5.41) is 2.94. The molecule has 27 heavy (non-hydrogen) atoms. The van der Waals surface area contributed by atoms with Crippen molar-refractivity contribution >= 4 is 5.91 Å². The highest BCUT2D eigenvalue weighted by molar-refractivity contribution is 5.76. The minimum absolute atomic E-state index is 0.0221. The van der Waals surface area contributed by atoms with Crippen LogP contribution < -0.4 is 10.1 Å². The number of hydrogen-bond acceptors (Lipinski definition) is 3. The predicted octanol–water partition coefficient (Wildman–Crippen LogP) is 4.30. The zero-order chi connectivity index (χ0) is 18.9. The number of carbonyl (C=O) groups excluding carboxylic acids is 1. The molecule has 138 valence electrons. The molecule has 0 aliphatic rings. The Hall–Kier alpha value is -3.21. The number of carbonyl (C=O) groups is 1. The largest absolute Gasteiger partial charge is 0.457 e. The SMILES string of the molecule is O=C(CCc1cccc(Oc2ccc(F)cc2)c1)NCCc1ccncc1. The average Bonchev–Trinajstić information content (AvgIpc) is 2.69. The van der Waals surface area contributed by atoms with Crippen LogP contribution in [0.4, 0.5) is 4.39 Å². The van der Waals surface area contributed by atoms with Gasteiger partial charge >= 0.3 is 0 Å². The Morgan fingerprint density at radius 3 is 2.48 bits per heavy atom. The Bertz CT molecular complexity index is 867. The van der Waals surface area contributed by atoms with Gasteiger partial charge in [-0.05, 0) is 72.5 Å². The van der Waals surface area contributed by atoms with Gasteiger partial charge in [-0.3, -0.25) is 9.78 Å². The van der Waals surface area contributed by atoms with Crippen molar-refractivity contribution in [1.82, 2.24) is 10.3 Å². The predicted molar refractivity (Wildman–Crippen MR) is 102 cm³/mol. The summed E-state index contributed by atoms with van der Waals surface area (Å²) >= 11 is 0. The van der Waals surface area contributed by atoms with Crippen LogP contribution in [0.3, 0.4) is 0 Å². The number of rotatable bonds is 8. The molecule has 0 atom stereocenters. The van der Waals surface area contributed by atoms with Crippen LogP contribution in [-0.2, 0) is 17.6 Å². The highest BCUT2D eigenvalue weighted by Gasteiger charge is 2.04. The summed E-state index contributed by atoms with van der Waals surface area (Å²) in [5.74, 6) is 0.958. The van der Waals surface area contributed by atoms with Gasteiger partial charge in [0.15, 0.2) is 0 Å². The summed E-state index contributed by atoms with van der Waals surface area (Å²) in [6.07, 6.45) is 5.32. The molecule has 0 saturated heterocycles. The number of nitrogens with one attached hydrogen (secondary N) is 1. The maximum atomic E-state index is 13.0. The number of ether oxygens (including phenoxy) is 1. The molecule has 3 rings (SSSR count). The number of benzene rings is 2. The van der Waals surface area contributed by atoms with Crippen LogP contribution >= 0.6 is 0 Å². The first-order valence-corrected chi connectivity index (χ1v) is 8.87. The Kier molecular flexibility index (Phi) is 6.52. The van der Waals surface area contributed by atoms with Crippen molar-refractivity contribution in [3.8, 4) is 11.5 Å². The number of aryl methyl sites for hydroxylation is 1. The Morgan fingerprint density at radius 1 is 0.926 bits per heavy atom. The molecule has 0 unspecified atom stereocenters. The number of pyridine rings is 1.